The van der Waals surface area contributed by atoms with Crippen LogP contribution < -0.4 is 5.32 Å². The van der Waals surface area contributed by atoms with E-state index < -0.39 is 0 Å². The summed E-state index contributed by atoms with van der Waals surface area (Å²) in [5, 5.41) is 10.1. The summed E-state index contributed by atoms with van der Waals surface area (Å²) in [6.07, 6.45) is 4.10. The van der Waals surface area contributed by atoms with Gasteiger partial charge >= 0.3 is 0 Å². The molecule has 0 saturated carbocycles. The summed E-state index contributed by atoms with van der Waals surface area (Å²) in [4.78, 5) is 4.07. The van der Waals surface area contributed by atoms with E-state index in [2.05, 4.69) is 20.5 Å². The van der Waals surface area contributed by atoms with Crippen LogP contribution >= 0.6 is 0 Å². The van der Waals surface area contributed by atoms with Gasteiger partial charge in [-0.15, -0.1) is 0 Å². The van der Waals surface area contributed by atoms with Gasteiger partial charge in [0.15, 0.2) is 0 Å². The number of hydrogen-bond acceptors (Lipinski definition) is 3. The van der Waals surface area contributed by atoms with Crippen LogP contribution in [0.1, 0.15) is 29.4 Å². The summed E-state index contributed by atoms with van der Waals surface area (Å²) >= 11 is 0. The first kappa shape index (κ1) is 11.3. The van der Waals surface area contributed by atoms with Crippen molar-refractivity contribution in [3.63, 3.8) is 0 Å². The van der Waals surface area contributed by atoms with Gasteiger partial charge < -0.3 is 5.32 Å². The van der Waals surface area contributed by atoms with Crippen molar-refractivity contribution in [3.05, 3.63) is 47.3 Å². The Morgan fingerprint density at radius 1 is 1.44 bits per heavy atom. The van der Waals surface area contributed by atoms with Gasteiger partial charge in [-0.3, -0.25) is 5.10 Å². The minimum Gasteiger partial charge on any atom is -0.309 e. The summed E-state index contributed by atoms with van der Waals surface area (Å²) in [7, 11) is 0. The molecule has 0 fully saturated rings. The molecule has 1 aliphatic rings. The normalized spacial score (nSPS) is 17.9. The molecule has 1 aliphatic carbocycles. The number of benzene rings is 1. The third-order valence-electron chi connectivity index (χ3n) is 3.43. The van der Waals surface area contributed by atoms with E-state index in [0.717, 1.165) is 42.8 Å². The smallest absolute Gasteiger partial charge is 0.137 e. The lowest BCUT2D eigenvalue weighted by Crippen LogP contribution is -2.22. The molecule has 4 nitrogen and oxygen atoms in total. The molecule has 5 heteroatoms. The predicted molar refractivity (Wildman–Crippen MR) is 65.6 cm³/mol. The summed E-state index contributed by atoms with van der Waals surface area (Å²) < 4.78 is 13.6. The average Bonchev–Trinajstić information content (AvgIpc) is 3.00. The van der Waals surface area contributed by atoms with Crippen LogP contribution in [0.15, 0.2) is 24.5 Å². The molecule has 3 rings (SSSR count). The predicted octanol–water partition coefficient (Wildman–Crippen LogP) is 1.76. The second-order valence-electron chi connectivity index (χ2n) is 4.54. The molecule has 1 aromatic heterocycles. The maximum atomic E-state index is 13.6. The van der Waals surface area contributed by atoms with Crippen molar-refractivity contribution in [3.8, 4) is 0 Å². The largest absolute Gasteiger partial charge is 0.309 e. The zero-order chi connectivity index (χ0) is 12.4. The van der Waals surface area contributed by atoms with Gasteiger partial charge in [-0.2, -0.15) is 5.10 Å². The van der Waals surface area contributed by atoms with Crippen molar-refractivity contribution in [2.24, 2.45) is 0 Å². The molecule has 0 spiro atoms. The Kier molecular flexibility index (Phi) is 3.06. The van der Waals surface area contributed by atoms with Gasteiger partial charge in [0.1, 0.15) is 18.0 Å². The van der Waals surface area contributed by atoms with Crippen molar-refractivity contribution in [1.29, 1.82) is 0 Å². The highest BCUT2D eigenvalue weighted by Crippen LogP contribution is 2.32. The van der Waals surface area contributed by atoms with E-state index in [0.29, 0.717) is 0 Å². The third-order valence-corrected chi connectivity index (χ3v) is 3.43. The lowest BCUT2D eigenvalue weighted by Gasteiger charge is -2.13. The van der Waals surface area contributed by atoms with Crippen molar-refractivity contribution < 1.29 is 4.39 Å². The number of nitrogens with zero attached hydrogens (tertiary/aromatic N) is 2. The average molecular weight is 246 g/mol. The Balaban J connectivity index is 1.61. The fourth-order valence-electron chi connectivity index (χ4n) is 2.54. The number of nitrogens with one attached hydrogen (secondary N) is 2. The molecule has 0 bridgehead atoms. The summed E-state index contributed by atoms with van der Waals surface area (Å²) in [6, 6.07) is 5.59. The van der Waals surface area contributed by atoms with Gasteiger partial charge in [-0.25, -0.2) is 9.37 Å². The van der Waals surface area contributed by atoms with Crippen LogP contribution in [0.2, 0.25) is 0 Å². The van der Waals surface area contributed by atoms with Crippen molar-refractivity contribution in [1.82, 2.24) is 20.5 Å². The van der Waals surface area contributed by atoms with Crippen LogP contribution in [0.3, 0.4) is 0 Å². The van der Waals surface area contributed by atoms with Crippen LogP contribution in [-0.4, -0.2) is 21.7 Å². The zero-order valence-corrected chi connectivity index (χ0v) is 9.99. The Morgan fingerprint density at radius 2 is 2.39 bits per heavy atom. The van der Waals surface area contributed by atoms with Crippen LogP contribution in [0.5, 0.6) is 0 Å². The number of aromatic amines is 1. The number of aromatic nitrogens is 3. The Bertz CT molecular complexity index is 524. The van der Waals surface area contributed by atoms with E-state index in [1.54, 1.807) is 6.07 Å². The number of fused-ring (bicyclic) bond motifs is 1. The lowest BCUT2D eigenvalue weighted by molar-refractivity contribution is 0.529. The van der Waals surface area contributed by atoms with E-state index in [-0.39, 0.29) is 11.9 Å². The lowest BCUT2D eigenvalue weighted by atomic mass is 10.1. The van der Waals surface area contributed by atoms with E-state index in [4.69, 9.17) is 0 Å². The molecule has 1 aromatic carbocycles. The SMILES string of the molecule is Fc1cccc2c1CCC2NCCc1ncn[nH]1. The zero-order valence-electron chi connectivity index (χ0n) is 9.99. The highest BCUT2D eigenvalue weighted by molar-refractivity contribution is 5.35. The highest BCUT2D eigenvalue weighted by atomic mass is 19.1. The fraction of sp³-hybridized carbons (Fsp3) is 0.385. The Hall–Kier alpha value is -1.75. The molecule has 2 N–H and O–H groups in total. The van der Waals surface area contributed by atoms with Gasteiger partial charge in [0.25, 0.3) is 0 Å². The minimum absolute atomic E-state index is 0.0768. The van der Waals surface area contributed by atoms with Crippen molar-refractivity contribution >= 4 is 0 Å². The first-order valence-electron chi connectivity index (χ1n) is 6.19. The van der Waals surface area contributed by atoms with Crippen LogP contribution in [-0.2, 0) is 12.8 Å². The van der Waals surface area contributed by atoms with E-state index >= 15 is 0 Å². The molecule has 18 heavy (non-hydrogen) atoms. The highest BCUT2D eigenvalue weighted by Gasteiger charge is 2.23. The number of rotatable bonds is 4. The van der Waals surface area contributed by atoms with Crippen LogP contribution in [0.4, 0.5) is 4.39 Å². The summed E-state index contributed by atoms with van der Waals surface area (Å²) in [5.41, 5.74) is 1.97. The topological polar surface area (TPSA) is 53.6 Å². The third kappa shape index (κ3) is 2.13. The molecule has 1 atom stereocenters. The first-order valence-corrected chi connectivity index (χ1v) is 6.19. The van der Waals surface area contributed by atoms with Gasteiger partial charge in [0.2, 0.25) is 0 Å². The van der Waals surface area contributed by atoms with E-state index in [9.17, 15) is 4.39 Å². The van der Waals surface area contributed by atoms with E-state index in [1.807, 2.05) is 6.07 Å². The maximum Gasteiger partial charge on any atom is 0.137 e. The second-order valence-corrected chi connectivity index (χ2v) is 4.54. The minimum atomic E-state index is -0.0768. The molecule has 2 aromatic rings. The second kappa shape index (κ2) is 4.86. The number of halogens is 1. The first-order chi connectivity index (χ1) is 8.84. The van der Waals surface area contributed by atoms with Crippen LogP contribution in [0, 0.1) is 5.82 Å². The molecular formula is C13H15FN4. The van der Waals surface area contributed by atoms with Crippen molar-refractivity contribution in [2.45, 2.75) is 25.3 Å². The Morgan fingerprint density at radius 3 is 3.22 bits per heavy atom. The maximum absolute atomic E-state index is 13.6. The Labute approximate surface area is 105 Å². The monoisotopic (exact) mass is 246 g/mol. The van der Waals surface area contributed by atoms with Gasteiger partial charge in [-0.05, 0) is 30.0 Å². The fourth-order valence-corrected chi connectivity index (χ4v) is 2.54. The van der Waals surface area contributed by atoms with Gasteiger partial charge in [0.05, 0.1) is 0 Å². The van der Waals surface area contributed by atoms with Gasteiger partial charge in [-0.1, -0.05) is 12.1 Å². The molecule has 0 radical (unpaired) electrons. The van der Waals surface area contributed by atoms with E-state index in [1.165, 1.54) is 12.4 Å². The standard InChI is InChI=1S/C13H15FN4/c14-11-3-1-2-10-9(11)4-5-12(10)15-7-6-13-16-8-17-18-13/h1-3,8,12,15H,4-7H2,(H,16,17,18). The van der Waals surface area contributed by atoms with Crippen molar-refractivity contribution in [2.75, 3.05) is 6.54 Å². The molecule has 0 aliphatic heterocycles. The molecule has 0 saturated heterocycles. The molecule has 94 valence electrons. The number of H-pyrrole nitrogens is 1. The molecular weight excluding hydrogens is 231 g/mol. The van der Waals surface area contributed by atoms with Crippen LogP contribution in [0.25, 0.3) is 0 Å². The summed E-state index contributed by atoms with van der Waals surface area (Å²) in [6.45, 7) is 0.815. The number of hydrogen-bond donors (Lipinski definition) is 2. The summed E-state index contributed by atoms with van der Waals surface area (Å²) in [5.74, 6) is 0.798. The molecule has 1 unspecified atom stereocenters. The van der Waals surface area contributed by atoms with Gasteiger partial charge in [0, 0.05) is 19.0 Å². The molecule has 1 heterocycles. The quantitative estimate of drug-likeness (QED) is 0.864. The molecule has 0 amide bonds.